The number of hydrogen-bond donors (Lipinski definition) is 1. The molecule has 0 spiro atoms. The van der Waals surface area contributed by atoms with Crippen LogP contribution in [0.15, 0.2) is 18.2 Å². The summed E-state index contributed by atoms with van der Waals surface area (Å²) in [7, 11) is 3.09. The van der Waals surface area contributed by atoms with Crippen molar-refractivity contribution in [2.75, 3.05) is 38.8 Å². The molecule has 2 N–H and O–H groups in total. The Kier molecular flexibility index (Phi) is 5.53. The quantitative estimate of drug-likeness (QED) is 0.819. The van der Waals surface area contributed by atoms with E-state index in [4.69, 9.17) is 15.2 Å². The lowest BCUT2D eigenvalue weighted by Crippen LogP contribution is -2.44. The molecule has 0 unspecified atom stereocenters. The summed E-state index contributed by atoms with van der Waals surface area (Å²) in [4.78, 5) is 40.0. The smallest absolute Gasteiger partial charge is 0.228 e. The lowest BCUT2D eigenvalue weighted by Gasteiger charge is -2.32. The third-order valence-corrected chi connectivity index (χ3v) is 5.36. The van der Waals surface area contributed by atoms with E-state index in [1.165, 1.54) is 7.11 Å². The molecule has 0 bridgehead atoms. The van der Waals surface area contributed by atoms with E-state index in [9.17, 15) is 14.4 Å². The summed E-state index contributed by atoms with van der Waals surface area (Å²) in [6.07, 6.45) is 1.33. The summed E-state index contributed by atoms with van der Waals surface area (Å²) < 4.78 is 10.6. The third-order valence-electron chi connectivity index (χ3n) is 5.36. The van der Waals surface area contributed by atoms with Crippen molar-refractivity contribution in [2.45, 2.75) is 19.3 Å². The number of nitrogens with zero attached hydrogens (tertiary/aromatic N) is 2. The zero-order chi connectivity index (χ0) is 19.6. The van der Waals surface area contributed by atoms with Crippen LogP contribution in [0.25, 0.3) is 0 Å². The van der Waals surface area contributed by atoms with Gasteiger partial charge >= 0.3 is 0 Å². The molecule has 8 heteroatoms. The molecule has 2 aliphatic rings. The van der Waals surface area contributed by atoms with Gasteiger partial charge in [-0.25, -0.2) is 0 Å². The number of piperidine rings is 1. The molecule has 8 nitrogen and oxygen atoms in total. The number of rotatable bonds is 5. The monoisotopic (exact) mass is 375 g/mol. The first-order valence-electron chi connectivity index (χ1n) is 9.05. The number of primary amides is 1. The molecule has 0 aromatic heterocycles. The van der Waals surface area contributed by atoms with Crippen LogP contribution < -0.4 is 20.1 Å². The minimum atomic E-state index is -0.394. The molecule has 1 aromatic carbocycles. The van der Waals surface area contributed by atoms with E-state index in [1.54, 1.807) is 35.1 Å². The molecule has 0 saturated carbocycles. The van der Waals surface area contributed by atoms with E-state index >= 15 is 0 Å². The minimum absolute atomic E-state index is 0.0405. The first-order valence-corrected chi connectivity index (χ1v) is 9.05. The van der Waals surface area contributed by atoms with Crippen molar-refractivity contribution in [1.29, 1.82) is 0 Å². The highest BCUT2D eigenvalue weighted by Crippen LogP contribution is 2.36. The first-order chi connectivity index (χ1) is 12.9. The van der Waals surface area contributed by atoms with Crippen LogP contribution in [-0.2, 0) is 14.4 Å². The second-order valence-corrected chi connectivity index (χ2v) is 6.95. The molecule has 146 valence electrons. The fourth-order valence-electron chi connectivity index (χ4n) is 3.76. The molecular weight excluding hydrogens is 350 g/mol. The van der Waals surface area contributed by atoms with Crippen molar-refractivity contribution in [2.24, 2.45) is 17.6 Å². The topological polar surface area (TPSA) is 102 Å². The maximum Gasteiger partial charge on any atom is 0.228 e. The van der Waals surface area contributed by atoms with E-state index in [0.29, 0.717) is 49.7 Å². The fourth-order valence-corrected chi connectivity index (χ4v) is 3.76. The van der Waals surface area contributed by atoms with E-state index in [0.717, 1.165) is 0 Å². The van der Waals surface area contributed by atoms with Crippen molar-refractivity contribution in [3.63, 3.8) is 0 Å². The van der Waals surface area contributed by atoms with Crippen molar-refractivity contribution in [3.8, 4) is 11.5 Å². The van der Waals surface area contributed by atoms with Gasteiger partial charge in [-0.2, -0.15) is 0 Å². The molecule has 0 aliphatic carbocycles. The number of likely N-dealkylation sites (tertiary alicyclic amines) is 1. The van der Waals surface area contributed by atoms with Crippen molar-refractivity contribution in [3.05, 3.63) is 18.2 Å². The molecule has 2 saturated heterocycles. The number of ether oxygens (including phenoxy) is 2. The maximum atomic E-state index is 12.8. The Balaban J connectivity index is 1.69. The van der Waals surface area contributed by atoms with Crippen molar-refractivity contribution < 1.29 is 23.9 Å². The van der Waals surface area contributed by atoms with Gasteiger partial charge in [0.05, 0.1) is 25.8 Å². The van der Waals surface area contributed by atoms with Gasteiger partial charge in [0.1, 0.15) is 11.5 Å². The maximum absolute atomic E-state index is 12.8. The highest BCUT2D eigenvalue weighted by Gasteiger charge is 2.39. The van der Waals surface area contributed by atoms with E-state index in [2.05, 4.69) is 0 Å². The molecule has 3 rings (SSSR count). The standard InChI is InChI=1S/C19H25N3O5/c1-26-14-3-4-15(16(10-14)27-2)22-11-13(9-17(22)23)19(25)21-7-5-12(6-8-21)18(20)24/h3-4,10,12-13H,5-9,11H2,1-2H3,(H2,20,24)/t13-/m0/s1. The molecule has 1 atom stereocenters. The van der Waals surface area contributed by atoms with Crippen molar-refractivity contribution in [1.82, 2.24) is 4.90 Å². The van der Waals surface area contributed by atoms with Gasteiger partial charge in [0.2, 0.25) is 17.7 Å². The van der Waals surface area contributed by atoms with E-state index in [-0.39, 0.29) is 30.1 Å². The van der Waals surface area contributed by atoms with Crippen LogP contribution in [0.5, 0.6) is 11.5 Å². The average Bonchev–Trinajstić information content (AvgIpc) is 3.08. The molecule has 0 radical (unpaired) electrons. The molecule has 1 aromatic rings. The molecule has 2 fully saturated rings. The zero-order valence-electron chi connectivity index (χ0n) is 15.6. The Hall–Kier alpha value is -2.77. The largest absolute Gasteiger partial charge is 0.497 e. The Morgan fingerprint density at radius 3 is 2.41 bits per heavy atom. The van der Waals surface area contributed by atoms with Gasteiger partial charge in [-0.15, -0.1) is 0 Å². The summed E-state index contributed by atoms with van der Waals surface area (Å²) in [5, 5.41) is 0. The third kappa shape index (κ3) is 3.84. The summed E-state index contributed by atoms with van der Waals surface area (Å²) in [5.41, 5.74) is 5.98. The number of methoxy groups -OCH3 is 2. The van der Waals surface area contributed by atoms with E-state index < -0.39 is 5.92 Å². The minimum Gasteiger partial charge on any atom is -0.497 e. The van der Waals surface area contributed by atoms with Gasteiger partial charge < -0.3 is 25.0 Å². The van der Waals surface area contributed by atoms with Gasteiger partial charge in [0.25, 0.3) is 0 Å². The van der Waals surface area contributed by atoms with E-state index in [1.807, 2.05) is 0 Å². The molecule has 3 amide bonds. The van der Waals surface area contributed by atoms with Crippen LogP contribution >= 0.6 is 0 Å². The fraction of sp³-hybridized carbons (Fsp3) is 0.526. The normalized spacial score (nSPS) is 20.7. The van der Waals surface area contributed by atoms with Crippen LogP contribution in [0, 0.1) is 11.8 Å². The molecule has 2 heterocycles. The van der Waals surface area contributed by atoms with Gasteiger partial charge in [-0.3, -0.25) is 14.4 Å². The lowest BCUT2D eigenvalue weighted by atomic mass is 9.95. The summed E-state index contributed by atoms with van der Waals surface area (Å²) >= 11 is 0. The van der Waals surface area contributed by atoms with Gasteiger partial charge in [0.15, 0.2) is 0 Å². The van der Waals surface area contributed by atoms with Gasteiger partial charge in [0, 0.05) is 38.0 Å². The van der Waals surface area contributed by atoms with Crippen LogP contribution in [0.3, 0.4) is 0 Å². The number of nitrogens with two attached hydrogens (primary N) is 1. The van der Waals surface area contributed by atoms with Crippen LogP contribution in [0.4, 0.5) is 5.69 Å². The Bertz CT molecular complexity index is 743. The highest BCUT2D eigenvalue weighted by molar-refractivity contribution is 6.01. The van der Waals surface area contributed by atoms with Crippen LogP contribution in [0.1, 0.15) is 19.3 Å². The number of carbonyl (C=O) groups is 3. The average molecular weight is 375 g/mol. The second kappa shape index (κ2) is 7.85. The van der Waals surface area contributed by atoms with Gasteiger partial charge in [-0.05, 0) is 25.0 Å². The Morgan fingerprint density at radius 2 is 1.81 bits per heavy atom. The number of carbonyl (C=O) groups excluding carboxylic acids is 3. The molecular formula is C19H25N3O5. The second-order valence-electron chi connectivity index (χ2n) is 6.95. The number of amides is 3. The Labute approximate surface area is 158 Å². The predicted octanol–water partition coefficient (Wildman–Crippen LogP) is 0.781. The molecule has 27 heavy (non-hydrogen) atoms. The first kappa shape index (κ1) is 19.0. The van der Waals surface area contributed by atoms with Crippen molar-refractivity contribution >= 4 is 23.4 Å². The van der Waals surface area contributed by atoms with Gasteiger partial charge in [-0.1, -0.05) is 0 Å². The number of benzene rings is 1. The number of hydrogen-bond acceptors (Lipinski definition) is 5. The SMILES string of the molecule is COc1ccc(N2C[C@@H](C(=O)N3CCC(C(N)=O)CC3)CC2=O)c(OC)c1. The Morgan fingerprint density at radius 1 is 1.11 bits per heavy atom. The van der Waals surface area contributed by atoms with Crippen LogP contribution in [0.2, 0.25) is 0 Å². The molecule has 2 aliphatic heterocycles. The zero-order valence-corrected chi connectivity index (χ0v) is 15.6. The predicted molar refractivity (Wildman–Crippen MR) is 98.5 cm³/mol. The highest BCUT2D eigenvalue weighted by atomic mass is 16.5. The number of anilines is 1. The summed E-state index contributed by atoms with van der Waals surface area (Å²) in [6, 6.07) is 5.24. The summed E-state index contributed by atoms with van der Waals surface area (Å²) in [6.45, 7) is 1.32. The van der Waals surface area contributed by atoms with Crippen LogP contribution in [-0.4, -0.2) is 56.5 Å². The lowest BCUT2D eigenvalue weighted by molar-refractivity contribution is -0.138. The summed E-state index contributed by atoms with van der Waals surface area (Å²) in [5.74, 6) is 0.139.